The first-order valence-electron chi connectivity index (χ1n) is 6.44. The maximum Gasteiger partial charge on any atom is 0.0258 e. The van der Waals surface area contributed by atoms with Gasteiger partial charge in [0.25, 0.3) is 0 Å². The molecule has 4 heteroatoms. The minimum atomic E-state index is 0.624. The Hall–Kier alpha value is 0.230. The van der Waals surface area contributed by atoms with Gasteiger partial charge in [-0.2, -0.15) is 11.8 Å². The van der Waals surface area contributed by atoms with E-state index < -0.39 is 0 Å². The largest absolute Gasteiger partial charge is 0.329 e. The first-order chi connectivity index (χ1) is 7.72. The van der Waals surface area contributed by atoms with Crippen LogP contribution in [0.4, 0.5) is 0 Å². The van der Waals surface area contributed by atoms with E-state index in [0.717, 1.165) is 12.5 Å². The molecule has 3 atom stereocenters. The van der Waals surface area contributed by atoms with Crippen LogP contribution in [0.3, 0.4) is 0 Å². The number of nitrogens with two attached hydrogens (primary N) is 1. The molecule has 2 N–H and O–H groups in total. The van der Waals surface area contributed by atoms with Crippen LogP contribution in [-0.4, -0.2) is 66.6 Å². The minimum Gasteiger partial charge on any atom is -0.329 e. The molecule has 0 aliphatic carbocycles. The fraction of sp³-hybridized carbons (Fsp3) is 1.00. The molecule has 2 aliphatic heterocycles. The molecule has 3 nitrogen and oxygen atoms in total. The van der Waals surface area contributed by atoms with Crippen LogP contribution in [0.25, 0.3) is 0 Å². The molecule has 3 unspecified atom stereocenters. The van der Waals surface area contributed by atoms with Crippen LogP contribution in [0, 0.1) is 5.92 Å². The zero-order valence-electron chi connectivity index (χ0n) is 10.6. The van der Waals surface area contributed by atoms with E-state index in [1.807, 2.05) is 0 Å². The van der Waals surface area contributed by atoms with Gasteiger partial charge >= 0.3 is 0 Å². The summed E-state index contributed by atoms with van der Waals surface area (Å²) in [5.74, 6) is 3.49. The molecular weight excluding hydrogens is 218 g/mol. The number of hydrogen-bond acceptors (Lipinski definition) is 4. The minimum absolute atomic E-state index is 0.624. The fourth-order valence-electron chi connectivity index (χ4n) is 3.10. The van der Waals surface area contributed by atoms with E-state index in [1.165, 1.54) is 37.6 Å². The molecule has 0 bridgehead atoms. The average Bonchev–Trinajstić information content (AvgIpc) is 2.75. The van der Waals surface area contributed by atoms with Gasteiger partial charge in [-0.3, -0.25) is 4.90 Å². The maximum atomic E-state index is 6.02. The van der Waals surface area contributed by atoms with Crippen LogP contribution in [0.1, 0.15) is 13.3 Å². The monoisotopic (exact) mass is 243 g/mol. The van der Waals surface area contributed by atoms with Crippen molar-refractivity contribution in [1.29, 1.82) is 0 Å². The molecule has 2 aliphatic rings. The lowest BCUT2D eigenvalue weighted by Crippen LogP contribution is -2.58. The predicted octanol–water partition coefficient (Wildman–Crippen LogP) is 0.703. The Balaban J connectivity index is 1.97. The van der Waals surface area contributed by atoms with E-state index in [4.69, 9.17) is 5.73 Å². The van der Waals surface area contributed by atoms with E-state index in [-0.39, 0.29) is 0 Å². The summed E-state index contributed by atoms with van der Waals surface area (Å²) < 4.78 is 0. The van der Waals surface area contributed by atoms with Crippen molar-refractivity contribution < 1.29 is 0 Å². The van der Waals surface area contributed by atoms with Crippen molar-refractivity contribution in [1.82, 2.24) is 9.80 Å². The first-order valence-corrected chi connectivity index (χ1v) is 7.60. The highest BCUT2D eigenvalue weighted by atomic mass is 32.2. The standard InChI is InChI=1S/C12H25N3S/c1-10-8-14(2)4-5-15(10)12(7-13)11-3-6-16-9-11/h10-12H,3-9,13H2,1-2H3. The third-order valence-corrected chi connectivity index (χ3v) is 5.25. The quantitative estimate of drug-likeness (QED) is 0.791. The van der Waals surface area contributed by atoms with Crippen LogP contribution in [-0.2, 0) is 0 Å². The number of likely N-dealkylation sites (N-methyl/N-ethyl adjacent to an activating group) is 1. The lowest BCUT2D eigenvalue weighted by atomic mass is 9.95. The Bertz CT molecular complexity index is 218. The number of thioether (sulfide) groups is 1. The van der Waals surface area contributed by atoms with Crippen LogP contribution in [0.15, 0.2) is 0 Å². The molecule has 0 aromatic rings. The molecule has 0 amide bonds. The van der Waals surface area contributed by atoms with Gasteiger partial charge < -0.3 is 10.6 Å². The Morgan fingerprint density at radius 2 is 2.25 bits per heavy atom. The van der Waals surface area contributed by atoms with E-state index in [2.05, 4.69) is 35.5 Å². The molecule has 0 radical (unpaired) electrons. The highest BCUT2D eigenvalue weighted by Crippen LogP contribution is 2.29. The summed E-state index contributed by atoms with van der Waals surface area (Å²) in [6.45, 7) is 6.76. The van der Waals surface area contributed by atoms with Crippen LogP contribution >= 0.6 is 11.8 Å². The molecule has 2 rings (SSSR count). The van der Waals surface area contributed by atoms with E-state index in [9.17, 15) is 0 Å². The van der Waals surface area contributed by atoms with Crippen LogP contribution < -0.4 is 5.73 Å². The number of nitrogens with zero attached hydrogens (tertiary/aromatic N) is 2. The van der Waals surface area contributed by atoms with Gasteiger partial charge in [0.05, 0.1) is 0 Å². The van der Waals surface area contributed by atoms with Gasteiger partial charge in [0.2, 0.25) is 0 Å². The molecule has 16 heavy (non-hydrogen) atoms. The summed E-state index contributed by atoms with van der Waals surface area (Å²) in [6.07, 6.45) is 1.37. The average molecular weight is 243 g/mol. The van der Waals surface area contributed by atoms with Gasteiger partial charge in [-0.1, -0.05) is 0 Å². The molecule has 94 valence electrons. The van der Waals surface area contributed by atoms with Gasteiger partial charge in [-0.15, -0.1) is 0 Å². The van der Waals surface area contributed by atoms with Crippen molar-refractivity contribution in [3.8, 4) is 0 Å². The number of hydrogen-bond donors (Lipinski definition) is 1. The van der Waals surface area contributed by atoms with Crippen molar-refractivity contribution in [2.24, 2.45) is 11.7 Å². The van der Waals surface area contributed by atoms with E-state index in [1.54, 1.807) is 0 Å². The normalized spacial score (nSPS) is 35.4. The topological polar surface area (TPSA) is 32.5 Å². The number of piperazine rings is 1. The molecule has 0 aromatic carbocycles. The Kier molecular flexibility index (Phi) is 4.53. The van der Waals surface area contributed by atoms with Gasteiger partial charge in [0.15, 0.2) is 0 Å². The third kappa shape index (κ3) is 2.73. The number of rotatable bonds is 3. The van der Waals surface area contributed by atoms with E-state index >= 15 is 0 Å². The van der Waals surface area contributed by atoms with Crippen molar-refractivity contribution in [3.05, 3.63) is 0 Å². The van der Waals surface area contributed by atoms with Gasteiger partial charge in [-0.05, 0) is 37.8 Å². The molecule has 0 spiro atoms. The smallest absolute Gasteiger partial charge is 0.0258 e. The second-order valence-electron chi connectivity index (χ2n) is 5.28. The second kappa shape index (κ2) is 5.71. The van der Waals surface area contributed by atoms with Gasteiger partial charge in [-0.25, -0.2) is 0 Å². The second-order valence-corrected chi connectivity index (χ2v) is 6.43. The van der Waals surface area contributed by atoms with Gasteiger partial charge in [0, 0.05) is 38.3 Å². The predicted molar refractivity (Wildman–Crippen MR) is 71.9 cm³/mol. The summed E-state index contributed by atoms with van der Waals surface area (Å²) in [5, 5.41) is 0. The summed E-state index contributed by atoms with van der Waals surface area (Å²) in [7, 11) is 2.22. The highest BCUT2D eigenvalue weighted by Gasteiger charge is 2.33. The molecule has 2 saturated heterocycles. The Morgan fingerprint density at radius 3 is 2.81 bits per heavy atom. The Morgan fingerprint density at radius 1 is 1.44 bits per heavy atom. The molecule has 2 heterocycles. The lowest BCUT2D eigenvalue weighted by molar-refractivity contribution is 0.0441. The third-order valence-electron chi connectivity index (χ3n) is 4.06. The summed E-state index contributed by atoms with van der Waals surface area (Å²) in [6, 6.07) is 1.29. The highest BCUT2D eigenvalue weighted by molar-refractivity contribution is 7.99. The van der Waals surface area contributed by atoms with Crippen LogP contribution in [0.5, 0.6) is 0 Å². The van der Waals surface area contributed by atoms with Crippen molar-refractivity contribution in [3.63, 3.8) is 0 Å². The Labute approximate surface area is 104 Å². The SMILES string of the molecule is CC1CN(C)CCN1C(CN)C1CCSC1. The summed E-state index contributed by atoms with van der Waals surface area (Å²) >= 11 is 2.10. The van der Waals surface area contributed by atoms with Gasteiger partial charge in [0.1, 0.15) is 0 Å². The first kappa shape index (κ1) is 12.7. The summed E-state index contributed by atoms with van der Waals surface area (Å²) in [4.78, 5) is 5.09. The van der Waals surface area contributed by atoms with Crippen molar-refractivity contribution >= 4 is 11.8 Å². The molecular formula is C12H25N3S. The fourth-order valence-corrected chi connectivity index (χ4v) is 4.43. The van der Waals surface area contributed by atoms with Crippen molar-refractivity contribution in [2.75, 3.05) is 44.7 Å². The zero-order valence-corrected chi connectivity index (χ0v) is 11.4. The van der Waals surface area contributed by atoms with E-state index in [0.29, 0.717) is 12.1 Å². The molecule has 2 fully saturated rings. The van der Waals surface area contributed by atoms with Crippen LogP contribution in [0.2, 0.25) is 0 Å². The molecule has 0 saturated carbocycles. The van der Waals surface area contributed by atoms with Crippen molar-refractivity contribution in [2.45, 2.75) is 25.4 Å². The zero-order chi connectivity index (χ0) is 11.5. The lowest BCUT2D eigenvalue weighted by Gasteiger charge is -2.44. The molecule has 0 aromatic heterocycles. The maximum absolute atomic E-state index is 6.02. The summed E-state index contributed by atoms with van der Waals surface area (Å²) in [5.41, 5.74) is 6.02.